The van der Waals surface area contributed by atoms with E-state index in [0.29, 0.717) is 11.2 Å². The quantitative estimate of drug-likeness (QED) is 0.766. The highest BCUT2D eigenvalue weighted by Gasteiger charge is 2.18. The maximum Gasteiger partial charge on any atom is 0.289 e. The topological polar surface area (TPSA) is 87.7 Å². The molecule has 8 heteroatoms. The minimum atomic E-state index is -3.63. The highest BCUT2D eigenvalue weighted by molar-refractivity contribution is 7.94. The van der Waals surface area contributed by atoms with Gasteiger partial charge in [-0.2, -0.15) is 13.5 Å². The zero-order chi connectivity index (χ0) is 12.6. The molecule has 0 saturated carbocycles. The summed E-state index contributed by atoms with van der Waals surface area (Å²) in [6, 6.07) is 5.28. The van der Waals surface area contributed by atoms with Gasteiger partial charge in [-0.3, -0.25) is 9.82 Å². The number of benzene rings is 1. The number of nitrogens with zero attached hydrogens (tertiary/aromatic N) is 2. The first-order valence-electron chi connectivity index (χ1n) is 5.01. The molecule has 0 amide bonds. The summed E-state index contributed by atoms with van der Waals surface area (Å²) in [4.78, 5) is 3.79. The molecule has 2 aromatic heterocycles. The summed E-state index contributed by atoms with van der Waals surface area (Å²) < 4.78 is 26.6. The van der Waals surface area contributed by atoms with Crippen LogP contribution in [0.5, 0.6) is 0 Å². The van der Waals surface area contributed by atoms with E-state index in [2.05, 4.69) is 19.9 Å². The van der Waals surface area contributed by atoms with E-state index in [4.69, 9.17) is 0 Å². The molecule has 2 heterocycles. The first kappa shape index (κ1) is 11.2. The fourth-order valence-electron chi connectivity index (χ4n) is 1.59. The van der Waals surface area contributed by atoms with Crippen LogP contribution in [0.25, 0.3) is 10.9 Å². The van der Waals surface area contributed by atoms with Crippen LogP contribution in [0.15, 0.2) is 40.3 Å². The Kier molecular flexibility index (Phi) is 2.53. The first-order chi connectivity index (χ1) is 8.67. The maximum absolute atomic E-state index is 12.0. The van der Waals surface area contributed by atoms with Crippen LogP contribution in [0.2, 0.25) is 0 Å². The lowest BCUT2D eigenvalue weighted by Crippen LogP contribution is -2.12. The molecule has 0 aliphatic rings. The number of para-hydroxylation sites is 1. The molecule has 18 heavy (non-hydrogen) atoms. The lowest BCUT2D eigenvalue weighted by atomic mass is 10.2. The molecule has 0 unspecified atom stereocenters. The van der Waals surface area contributed by atoms with Crippen LogP contribution < -0.4 is 4.72 Å². The highest BCUT2D eigenvalue weighted by Crippen LogP contribution is 2.24. The van der Waals surface area contributed by atoms with Crippen molar-refractivity contribution in [1.29, 1.82) is 0 Å². The van der Waals surface area contributed by atoms with E-state index in [1.165, 1.54) is 6.20 Å². The maximum atomic E-state index is 12.0. The molecule has 92 valence electrons. The SMILES string of the molecule is O=S(=O)(Nc1cccc2cn[nH]c12)c1nccs1. The van der Waals surface area contributed by atoms with Gasteiger partial charge in [0.1, 0.15) is 0 Å². The predicted molar refractivity (Wildman–Crippen MR) is 69.0 cm³/mol. The van der Waals surface area contributed by atoms with Gasteiger partial charge in [-0.25, -0.2) is 4.98 Å². The van der Waals surface area contributed by atoms with Crippen LogP contribution in [0.1, 0.15) is 0 Å². The lowest BCUT2D eigenvalue weighted by molar-refractivity contribution is 0.600. The average Bonchev–Trinajstić information content (AvgIpc) is 3.00. The van der Waals surface area contributed by atoms with Gasteiger partial charge < -0.3 is 0 Å². The molecule has 3 aromatic rings. The van der Waals surface area contributed by atoms with Gasteiger partial charge in [0.25, 0.3) is 10.0 Å². The zero-order valence-electron chi connectivity index (χ0n) is 8.99. The summed E-state index contributed by atoms with van der Waals surface area (Å²) in [5.41, 5.74) is 1.11. The van der Waals surface area contributed by atoms with Crippen LogP contribution in [0.4, 0.5) is 5.69 Å². The smallest absolute Gasteiger partial charge is 0.276 e. The molecule has 0 saturated heterocycles. The molecule has 1 aromatic carbocycles. The highest BCUT2D eigenvalue weighted by atomic mass is 32.2. The average molecular weight is 280 g/mol. The third-order valence-corrected chi connectivity index (χ3v) is 4.93. The fraction of sp³-hybridized carbons (Fsp3) is 0. The number of rotatable bonds is 3. The van der Waals surface area contributed by atoms with Gasteiger partial charge in [0.15, 0.2) is 0 Å². The Morgan fingerprint density at radius 1 is 1.33 bits per heavy atom. The molecule has 3 rings (SSSR count). The van der Waals surface area contributed by atoms with E-state index in [1.807, 2.05) is 6.07 Å². The largest absolute Gasteiger partial charge is 0.289 e. The third kappa shape index (κ3) is 1.85. The number of anilines is 1. The Morgan fingerprint density at radius 3 is 3.00 bits per heavy atom. The minimum absolute atomic E-state index is 0.0408. The molecule has 2 N–H and O–H groups in total. The second-order valence-electron chi connectivity index (χ2n) is 3.54. The van der Waals surface area contributed by atoms with Crippen molar-refractivity contribution in [3.8, 4) is 0 Å². The van der Waals surface area contributed by atoms with Gasteiger partial charge in [0.05, 0.1) is 17.4 Å². The van der Waals surface area contributed by atoms with Crippen LogP contribution >= 0.6 is 11.3 Å². The van der Waals surface area contributed by atoms with Crippen LogP contribution in [-0.2, 0) is 10.0 Å². The standard InChI is InChI=1S/C10H8N4O2S2/c15-18(16,10-11-4-5-17-10)14-8-3-1-2-7-6-12-13-9(7)8/h1-6,14H,(H,12,13). The summed E-state index contributed by atoms with van der Waals surface area (Å²) in [6.45, 7) is 0. The van der Waals surface area contributed by atoms with E-state index in [9.17, 15) is 8.42 Å². The Labute approximate surface area is 107 Å². The van der Waals surface area contributed by atoms with Gasteiger partial charge >= 0.3 is 0 Å². The van der Waals surface area contributed by atoms with E-state index < -0.39 is 10.0 Å². The number of H-pyrrole nitrogens is 1. The molecule has 0 bridgehead atoms. The van der Waals surface area contributed by atoms with E-state index in [1.54, 1.807) is 23.7 Å². The Balaban J connectivity index is 2.05. The number of sulfonamides is 1. The number of aromatic amines is 1. The predicted octanol–water partition coefficient (Wildman–Crippen LogP) is 1.82. The van der Waals surface area contributed by atoms with E-state index >= 15 is 0 Å². The molecule has 6 nitrogen and oxygen atoms in total. The summed E-state index contributed by atoms with van der Waals surface area (Å²) in [7, 11) is -3.63. The van der Waals surface area contributed by atoms with Crippen LogP contribution in [-0.4, -0.2) is 23.6 Å². The molecule has 0 radical (unpaired) electrons. The van der Waals surface area contributed by atoms with Crippen LogP contribution in [0, 0.1) is 0 Å². The molecule has 0 spiro atoms. The molecular weight excluding hydrogens is 272 g/mol. The summed E-state index contributed by atoms with van der Waals surface area (Å²) in [6.07, 6.45) is 3.09. The number of hydrogen-bond donors (Lipinski definition) is 2. The van der Waals surface area contributed by atoms with Gasteiger partial charge in [-0.05, 0) is 6.07 Å². The number of aromatic nitrogens is 3. The van der Waals surface area contributed by atoms with Crippen molar-refractivity contribution in [2.24, 2.45) is 0 Å². The fourth-order valence-corrected chi connectivity index (χ4v) is 3.49. The van der Waals surface area contributed by atoms with Gasteiger partial charge in [-0.1, -0.05) is 12.1 Å². The van der Waals surface area contributed by atoms with Gasteiger partial charge in [0, 0.05) is 17.0 Å². The van der Waals surface area contributed by atoms with Crippen molar-refractivity contribution in [3.63, 3.8) is 0 Å². The minimum Gasteiger partial charge on any atom is -0.276 e. The van der Waals surface area contributed by atoms with Crippen molar-refractivity contribution in [3.05, 3.63) is 36.0 Å². The summed E-state index contributed by atoms with van der Waals surface area (Å²) >= 11 is 1.07. The molecule has 0 aliphatic heterocycles. The molecule has 0 fully saturated rings. The number of nitrogens with one attached hydrogen (secondary N) is 2. The van der Waals surface area contributed by atoms with Crippen molar-refractivity contribution in [2.45, 2.75) is 4.34 Å². The molecular formula is C10H8N4O2S2. The third-order valence-electron chi connectivity index (χ3n) is 2.36. The normalized spacial score (nSPS) is 11.8. The lowest BCUT2D eigenvalue weighted by Gasteiger charge is -2.05. The van der Waals surface area contributed by atoms with Crippen LogP contribution in [0.3, 0.4) is 0 Å². The van der Waals surface area contributed by atoms with Gasteiger partial charge in [-0.15, -0.1) is 11.3 Å². The van der Waals surface area contributed by atoms with Crippen molar-refractivity contribution in [2.75, 3.05) is 4.72 Å². The summed E-state index contributed by atoms with van der Waals surface area (Å²) in [5.74, 6) is 0. The monoisotopic (exact) mass is 280 g/mol. The van der Waals surface area contributed by atoms with E-state index in [0.717, 1.165) is 16.7 Å². The first-order valence-corrected chi connectivity index (χ1v) is 7.37. The Bertz CT molecular complexity index is 777. The summed E-state index contributed by atoms with van der Waals surface area (Å²) in [5, 5.41) is 9.10. The molecule has 0 aliphatic carbocycles. The van der Waals surface area contributed by atoms with Crippen molar-refractivity contribution < 1.29 is 8.42 Å². The molecule has 0 atom stereocenters. The second kappa shape index (κ2) is 4.07. The van der Waals surface area contributed by atoms with Crippen molar-refractivity contribution >= 4 is 38.0 Å². The number of hydrogen-bond acceptors (Lipinski definition) is 5. The Hall–Kier alpha value is -1.93. The van der Waals surface area contributed by atoms with E-state index in [-0.39, 0.29) is 4.34 Å². The number of thiazole rings is 1. The van der Waals surface area contributed by atoms with Gasteiger partial charge in [0.2, 0.25) is 4.34 Å². The van der Waals surface area contributed by atoms with Crippen molar-refractivity contribution in [1.82, 2.24) is 15.2 Å². The Morgan fingerprint density at radius 2 is 2.22 bits per heavy atom. The zero-order valence-corrected chi connectivity index (χ0v) is 10.6. The second-order valence-corrected chi connectivity index (χ2v) is 6.29. The number of fused-ring (bicyclic) bond motifs is 1.